The second-order valence-corrected chi connectivity index (χ2v) is 17.0. The minimum absolute atomic E-state index is 0.238. The van der Waals surface area contributed by atoms with Crippen LogP contribution in [0.25, 0.3) is 33.0 Å². The van der Waals surface area contributed by atoms with Gasteiger partial charge in [0.25, 0.3) is 0 Å². The summed E-state index contributed by atoms with van der Waals surface area (Å²) in [5.74, 6) is 0. The van der Waals surface area contributed by atoms with E-state index in [9.17, 15) is 0 Å². The van der Waals surface area contributed by atoms with Crippen molar-refractivity contribution in [2.45, 2.75) is 19.3 Å². The van der Waals surface area contributed by atoms with E-state index in [0.717, 1.165) is 51.2 Å². The Kier molecular flexibility index (Phi) is 9.86. The van der Waals surface area contributed by atoms with Crippen molar-refractivity contribution in [1.82, 2.24) is 0 Å². The summed E-state index contributed by atoms with van der Waals surface area (Å²) in [5.41, 5.74) is 17.1. The van der Waals surface area contributed by atoms with E-state index in [1.54, 1.807) is 0 Å². The summed E-state index contributed by atoms with van der Waals surface area (Å²) in [4.78, 5) is 7.22. The van der Waals surface area contributed by atoms with Crippen molar-refractivity contribution in [3.8, 4) is 22.3 Å². The summed E-state index contributed by atoms with van der Waals surface area (Å²) in [5, 5.41) is 2.37. The second kappa shape index (κ2) is 16.3. The maximum Gasteiger partial charge on any atom is 0.0540 e. The number of rotatable bonds is 10. The van der Waals surface area contributed by atoms with Crippen molar-refractivity contribution in [1.29, 1.82) is 0 Å². The van der Waals surface area contributed by atoms with Crippen LogP contribution < -0.4 is 14.7 Å². The highest BCUT2D eigenvalue weighted by atomic mass is 15.2. The molecule has 1 aliphatic carbocycles. The summed E-state index contributed by atoms with van der Waals surface area (Å²) < 4.78 is 0. The minimum Gasteiger partial charge on any atom is -0.310 e. The minimum atomic E-state index is -0.238. The monoisotopic (exact) mass is 821 g/mol. The van der Waals surface area contributed by atoms with E-state index >= 15 is 0 Å². The van der Waals surface area contributed by atoms with Gasteiger partial charge in [0, 0.05) is 39.2 Å². The zero-order valence-corrected chi connectivity index (χ0v) is 36.0. The van der Waals surface area contributed by atoms with Crippen LogP contribution in [0.1, 0.15) is 25.0 Å². The quantitative estimate of drug-likeness (QED) is 0.136. The van der Waals surface area contributed by atoms with E-state index in [1.165, 1.54) is 44.2 Å². The van der Waals surface area contributed by atoms with E-state index in [2.05, 4.69) is 277 Å². The molecule has 0 bridgehead atoms. The van der Waals surface area contributed by atoms with Crippen molar-refractivity contribution >= 4 is 62.0 Å². The van der Waals surface area contributed by atoms with Crippen LogP contribution in [-0.2, 0) is 5.41 Å². The first-order chi connectivity index (χ1) is 31.5. The molecule has 10 aromatic carbocycles. The number of nitrogens with zero attached hydrogens (tertiary/aromatic N) is 3. The SMILES string of the molecule is CC1(C)c2cc(N(c3cc(N(c4ccccc4)c4ccccc4)cc(N(c4ccccc4)c4ccccc4)c3)c3cccc4ccccc34)ccc2-c2c(-c3ccccc3)cccc21. The lowest BCUT2D eigenvalue weighted by molar-refractivity contribution is 0.660. The van der Waals surface area contributed by atoms with E-state index in [4.69, 9.17) is 0 Å². The van der Waals surface area contributed by atoms with Gasteiger partial charge in [-0.05, 0) is 124 Å². The third-order valence-corrected chi connectivity index (χ3v) is 12.8. The van der Waals surface area contributed by atoms with Gasteiger partial charge in [-0.1, -0.05) is 178 Å². The van der Waals surface area contributed by atoms with Crippen LogP contribution in [0.2, 0.25) is 0 Å². The summed E-state index contributed by atoms with van der Waals surface area (Å²) >= 11 is 0. The number of fused-ring (bicyclic) bond motifs is 4. The van der Waals surface area contributed by atoms with Crippen molar-refractivity contribution in [2.75, 3.05) is 14.7 Å². The molecule has 3 heteroatoms. The molecule has 10 aromatic rings. The third-order valence-electron chi connectivity index (χ3n) is 12.8. The Morgan fingerprint density at radius 3 is 1.30 bits per heavy atom. The first-order valence-corrected chi connectivity index (χ1v) is 22.1. The number of benzene rings is 10. The summed E-state index contributed by atoms with van der Waals surface area (Å²) in [6, 6.07) is 90.1. The van der Waals surface area contributed by atoms with Crippen LogP contribution in [0.4, 0.5) is 51.2 Å². The van der Waals surface area contributed by atoms with Gasteiger partial charge >= 0.3 is 0 Å². The highest BCUT2D eigenvalue weighted by Crippen LogP contribution is 2.54. The molecule has 0 unspecified atom stereocenters. The maximum atomic E-state index is 2.48. The van der Waals surface area contributed by atoms with Crippen LogP contribution in [0.5, 0.6) is 0 Å². The topological polar surface area (TPSA) is 9.72 Å². The molecule has 0 fully saturated rings. The van der Waals surface area contributed by atoms with Crippen molar-refractivity contribution in [2.24, 2.45) is 0 Å². The van der Waals surface area contributed by atoms with Crippen molar-refractivity contribution < 1.29 is 0 Å². The molecule has 0 amide bonds. The Hall–Kier alpha value is -8.14. The standard InChI is InChI=1S/C61H47N3/c1-61(2)57-36-21-35-55(45-22-8-3-9-23-45)60(57)56-39-38-50(43-58(56)61)64(59-37-20-25-44-24-18-19-34-54(44)59)53-41-51(62(46-26-10-4-11-27-46)47-28-12-5-13-29-47)40-52(42-53)63(48-30-14-6-15-31-48)49-32-16-7-17-33-49/h3-43H,1-2H3. The van der Waals surface area contributed by atoms with Crippen LogP contribution in [0.3, 0.4) is 0 Å². The average molecular weight is 822 g/mol. The Labute approximate surface area is 376 Å². The maximum absolute atomic E-state index is 2.48. The zero-order chi connectivity index (χ0) is 43.0. The van der Waals surface area contributed by atoms with Gasteiger partial charge in [0.15, 0.2) is 0 Å². The molecule has 11 rings (SSSR count). The van der Waals surface area contributed by atoms with Crippen LogP contribution in [-0.4, -0.2) is 0 Å². The van der Waals surface area contributed by atoms with Gasteiger partial charge < -0.3 is 14.7 Å². The van der Waals surface area contributed by atoms with E-state index < -0.39 is 0 Å². The van der Waals surface area contributed by atoms with Gasteiger partial charge in [-0.3, -0.25) is 0 Å². The number of anilines is 9. The fourth-order valence-corrected chi connectivity index (χ4v) is 9.77. The van der Waals surface area contributed by atoms with E-state index in [-0.39, 0.29) is 5.41 Å². The Morgan fingerprint density at radius 1 is 0.297 bits per heavy atom. The third kappa shape index (κ3) is 6.88. The Morgan fingerprint density at radius 2 is 0.750 bits per heavy atom. The Bertz CT molecular complexity index is 3050. The lowest BCUT2D eigenvalue weighted by Crippen LogP contribution is -2.18. The average Bonchev–Trinajstić information content (AvgIpc) is 3.59. The molecule has 0 radical (unpaired) electrons. The molecule has 0 saturated carbocycles. The molecule has 64 heavy (non-hydrogen) atoms. The highest BCUT2D eigenvalue weighted by Gasteiger charge is 2.38. The molecule has 0 heterocycles. The highest BCUT2D eigenvalue weighted by molar-refractivity contribution is 6.01. The normalized spacial score (nSPS) is 12.3. The van der Waals surface area contributed by atoms with Gasteiger partial charge in [0.2, 0.25) is 0 Å². The molecule has 0 aliphatic heterocycles. The number of para-hydroxylation sites is 4. The number of hydrogen-bond donors (Lipinski definition) is 0. The summed E-state index contributed by atoms with van der Waals surface area (Å²) in [6.45, 7) is 4.76. The molecule has 0 spiro atoms. The zero-order valence-electron chi connectivity index (χ0n) is 36.0. The smallest absolute Gasteiger partial charge is 0.0540 e. The van der Waals surface area contributed by atoms with Crippen molar-refractivity contribution in [3.05, 3.63) is 260 Å². The van der Waals surface area contributed by atoms with E-state index in [1.807, 2.05) is 0 Å². The van der Waals surface area contributed by atoms with Gasteiger partial charge in [-0.25, -0.2) is 0 Å². The largest absolute Gasteiger partial charge is 0.310 e. The molecule has 306 valence electrons. The Balaban J connectivity index is 1.20. The summed E-state index contributed by atoms with van der Waals surface area (Å²) in [7, 11) is 0. The molecule has 1 aliphatic rings. The molecule has 0 aromatic heterocycles. The predicted molar refractivity (Wildman–Crippen MR) is 271 cm³/mol. The van der Waals surface area contributed by atoms with Gasteiger partial charge in [-0.15, -0.1) is 0 Å². The fourth-order valence-electron chi connectivity index (χ4n) is 9.77. The molecule has 0 N–H and O–H groups in total. The molecular weight excluding hydrogens is 775 g/mol. The van der Waals surface area contributed by atoms with Gasteiger partial charge in [-0.2, -0.15) is 0 Å². The van der Waals surface area contributed by atoms with E-state index in [0.29, 0.717) is 0 Å². The molecular formula is C61H47N3. The number of hydrogen-bond acceptors (Lipinski definition) is 3. The van der Waals surface area contributed by atoms with Crippen LogP contribution in [0.15, 0.2) is 249 Å². The fraction of sp³-hybridized carbons (Fsp3) is 0.0492. The molecule has 3 nitrogen and oxygen atoms in total. The van der Waals surface area contributed by atoms with Crippen LogP contribution >= 0.6 is 0 Å². The lowest BCUT2D eigenvalue weighted by atomic mass is 9.81. The van der Waals surface area contributed by atoms with Gasteiger partial charge in [0.05, 0.1) is 22.7 Å². The molecule has 0 saturated heterocycles. The first-order valence-electron chi connectivity index (χ1n) is 22.1. The van der Waals surface area contributed by atoms with Crippen LogP contribution in [0, 0.1) is 0 Å². The lowest BCUT2D eigenvalue weighted by Gasteiger charge is -2.33. The van der Waals surface area contributed by atoms with Crippen molar-refractivity contribution in [3.63, 3.8) is 0 Å². The molecule has 0 atom stereocenters. The second-order valence-electron chi connectivity index (χ2n) is 17.0. The predicted octanol–water partition coefficient (Wildman–Crippen LogP) is 17.2. The first kappa shape index (κ1) is 38.8. The van der Waals surface area contributed by atoms with Gasteiger partial charge in [0.1, 0.15) is 0 Å². The summed E-state index contributed by atoms with van der Waals surface area (Å²) in [6.07, 6.45) is 0.